The zero-order valence-electron chi connectivity index (χ0n) is 11.1. The molecule has 1 N–H and O–H groups in total. The second kappa shape index (κ2) is 4.96. The Morgan fingerprint density at radius 2 is 2.30 bits per heavy atom. The standard InChI is InChI=1S/C14H15N3O3/c1-2-20-12(18)7-9-8-17-11-6-4-3-5-10(11)15-14(17)16-13(9)19/h3-6,9H,2,7-8H2,1H3,(H,15,16,19)/t9-/m1/s1. The SMILES string of the molecule is CCOC(=O)C[C@@H]1Cn2c(nc3ccccc32)NC1=O. The van der Waals surface area contributed by atoms with Gasteiger partial charge in [0.25, 0.3) is 0 Å². The van der Waals surface area contributed by atoms with E-state index in [1.165, 1.54) is 0 Å². The Hall–Kier alpha value is -2.37. The highest BCUT2D eigenvalue weighted by atomic mass is 16.5. The van der Waals surface area contributed by atoms with Crippen LogP contribution < -0.4 is 5.32 Å². The third-order valence-corrected chi connectivity index (χ3v) is 3.38. The van der Waals surface area contributed by atoms with Crippen LogP contribution in [0.2, 0.25) is 0 Å². The molecule has 6 nitrogen and oxygen atoms in total. The van der Waals surface area contributed by atoms with Gasteiger partial charge in [-0.3, -0.25) is 14.9 Å². The van der Waals surface area contributed by atoms with Crippen LogP contribution in [0.4, 0.5) is 5.95 Å². The summed E-state index contributed by atoms with van der Waals surface area (Å²) in [4.78, 5) is 27.9. The van der Waals surface area contributed by atoms with Crippen LogP contribution in [-0.4, -0.2) is 28.0 Å². The van der Waals surface area contributed by atoms with E-state index in [0.717, 1.165) is 11.0 Å². The third-order valence-electron chi connectivity index (χ3n) is 3.38. The minimum atomic E-state index is -0.417. The molecule has 2 heterocycles. The molecule has 1 aromatic carbocycles. The maximum absolute atomic E-state index is 12.0. The van der Waals surface area contributed by atoms with Gasteiger partial charge >= 0.3 is 5.97 Å². The molecule has 1 aliphatic rings. The van der Waals surface area contributed by atoms with Crippen LogP contribution in [0.1, 0.15) is 13.3 Å². The summed E-state index contributed by atoms with van der Waals surface area (Å²) < 4.78 is 6.84. The molecule has 1 atom stereocenters. The Kier molecular flexibility index (Phi) is 3.14. The molecule has 0 unspecified atom stereocenters. The number of aromatic nitrogens is 2. The number of nitrogens with one attached hydrogen (secondary N) is 1. The summed E-state index contributed by atoms with van der Waals surface area (Å²) in [7, 11) is 0. The van der Waals surface area contributed by atoms with Gasteiger partial charge in [0.1, 0.15) is 0 Å². The van der Waals surface area contributed by atoms with Crippen LogP contribution in [-0.2, 0) is 20.9 Å². The average Bonchev–Trinajstić information content (AvgIpc) is 2.77. The first-order valence-electron chi connectivity index (χ1n) is 6.60. The third kappa shape index (κ3) is 2.13. The summed E-state index contributed by atoms with van der Waals surface area (Å²) in [5.74, 6) is -0.406. The van der Waals surface area contributed by atoms with E-state index in [1.54, 1.807) is 6.92 Å². The van der Waals surface area contributed by atoms with Crippen LogP contribution in [0, 0.1) is 5.92 Å². The van der Waals surface area contributed by atoms with Gasteiger partial charge in [-0.1, -0.05) is 12.1 Å². The lowest BCUT2D eigenvalue weighted by molar-refractivity contribution is -0.146. The number of anilines is 1. The number of hydrogen-bond acceptors (Lipinski definition) is 4. The lowest BCUT2D eigenvalue weighted by Crippen LogP contribution is -2.35. The van der Waals surface area contributed by atoms with E-state index < -0.39 is 5.92 Å². The van der Waals surface area contributed by atoms with Crippen molar-refractivity contribution in [3.05, 3.63) is 24.3 Å². The van der Waals surface area contributed by atoms with Crippen LogP contribution in [0.15, 0.2) is 24.3 Å². The van der Waals surface area contributed by atoms with Gasteiger partial charge in [0.2, 0.25) is 11.9 Å². The van der Waals surface area contributed by atoms with Gasteiger partial charge < -0.3 is 9.30 Å². The Balaban J connectivity index is 1.89. The van der Waals surface area contributed by atoms with E-state index >= 15 is 0 Å². The fourth-order valence-electron chi connectivity index (χ4n) is 2.45. The number of hydrogen-bond donors (Lipinski definition) is 1. The second-order valence-electron chi connectivity index (χ2n) is 4.73. The highest BCUT2D eigenvalue weighted by Crippen LogP contribution is 2.26. The molecule has 0 bridgehead atoms. The summed E-state index contributed by atoms with van der Waals surface area (Å²) in [5.41, 5.74) is 1.79. The Bertz CT molecular complexity index is 677. The average molecular weight is 273 g/mol. The maximum atomic E-state index is 12.0. The molecule has 0 spiro atoms. The predicted octanol–water partition coefficient (Wildman–Crippen LogP) is 1.56. The van der Waals surface area contributed by atoms with Gasteiger partial charge in [-0.15, -0.1) is 0 Å². The molecule has 0 saturated heterocycles. The van der Waals surface area contributed by atoms with Crippen molar-refractivity contribution in [1.82, 2.24) is 9.55 Å². The van der Waals surface area contributed by atoms with Crippen molar-refractivity contribution in [2.75, 3.05) is 11.9 Å². The van der Waals surface area contributed by atoms with Crippen molar-refractivity contribution in [2.24, 2.45) is 5.92 Å². The maximum Gasteiger partial charge on any atom is 0.306 e. The quantitative estimate of drug-likeness (QED) is 0.861. The number of benzene rings is 1. The molecule has 20 heavy (non-hydrogen) atoms. The van der Waals surface area contributed by atoms with Crippen molar-refractivity contribution in [1.29, 1.82) is 0 Å². The zero-order chi connectivity index (χ0) is 14.1. The molecule has 104 valence electrons. The smallest absolute Gasteiger partial charge is 0.306 e. The first-order chi connectivity index (χ1) is 9.69. The van der Waals surface area contributed by atoms with Crippen LogP contribution in [0.3, 0.4) is 0 Å². The van der Waals surface area contributed by atoms with E-state index in [2.05, 4.69) is 10.3 Å². The molecule has 1 aromatic heterocycles. The first-order valence-corrected chi connectivity index (χ1v) is 6.60. The Morgan fingerprint density at radius 1 is 1.50 bits per heavy atom. The molecule has 6 heteroatoms. The molecule has 1 aliphatic heterocycles. The van der Waals surface area contributed by atoms with E-state index in [4.69, 9.17) is 4.74 Å². The molecular weight excluding hydrogens is 258 g/mol. The van der Waals surface area contributed by atoms with Crippen LogP contribution in [0.5, 0.6) is 0 Å². The highest BCUT2D eigenvalue weighted by Gasteiger charge is 2.30. The second-order valence-corrected chi connectivity index (χ2v) is 4.73. The monoisotopic (exact) mass is 273 g/mol. The molecule has 0 radical (unpaired) electrons. The molecule has 0 aliphatic carbocycles. The number of carbonyl (C=O) groups excluding carboxylic acids is 2. The van der Waals surface area contributed by atoms with Gasteiger partial charge in [-0.25, -0.2) is 4.98 Å². The topological polar surface area (TPSA) is 73.2 Å². The number of nitrogens with zero attached hydrogens (tertiary/aromatic N) is 2. The largest absolute Gasteiger partial charge is 0.466 e. The first kappa shape index (κ1) is 12.7. The summed E-state index contributed by atoms with van der Waals surface area (Å²) in [6.45, 7) is 2.52. The van der Waals surface area contributed by atoms with Gasteiger partial charge in [-0.2, -0.15) is 0 Å². The van der Waals surface area contributed by atoms with Crippen LogP contribution in [0.25, 0.3) is 11.0 Å². The number of fused-ring (bicyclic) bond motifs is 3. The van der Waals surface area contributed by atoms with Crippen molar-refractivity contribution in [3.8, 4) is 0 Å². The van der Waals surface area contributed by atoms with Crippen molar-refractivity contribution in [3.63, 3.8) is 0 Å². The van der Waals surface area contributed by atoms with Crippen LogP contribution >= 0.6 is 0 Å². The minimum absolute atomic E-state index is 0.0889. The Labute approximate surface area is 115 Å². The highest BCUT2D eigenvalue weighted by molar-refractivity contribution is 5.96. The molecule has 2 aromatic rings. The Morgan fingerprint density at radius 3 is 3.10 bits per heavy atom. The molecule has 3 rings (SSSR count). The van der Waals surface area contributed by atoms with E-state index in [-0.39, 0.29) is 18.3 Å². The van der Waals surface area contributed by atoms with Gasteiger partial charge in [0.05, 0.1) is 30.0 Å². The minimum Gasteiger partial charge on any atom is -0.466 e. The number of imidazole rings is 1. The van der Waals surface area contributed by atoms with E-state index in [1.807, 2.05) is 28.8 Å². The van der Waals surface area contributed by atoms with E-state index in [9.17, 15) is 9.59 Å². The van der Waals surface area contributed by atoms with E-state index in [0.29, 0.717) is 19.1 Å². The van der Waals surface area contributed by atoms with Crippen molar-refractivity contribution >= 4 is 28.9 Å². The normalized spacial score (nSPS) is 17.6. The number of ether oxygens (including phenoxy) is 1. The number of carbonyl (C=O) groups is 2. The predicted molar refractivity (Wildman–Crippen MR) is 73.1 cm³/mol. The molecule has 0 fully saturated rings. The van der Waals surface area contributed by atoms with Gasteiger partial charge in [0.15, 0.2) is 0 Å². The number of para-hydroxylation sites is 2. The summed E-state index contributed by atoms with van der Waals surface area (Å²) >= 11 is 0. The lowest BCUT2D eigenvalue weighted by Gasteiger charge is -2.23. The lowest BCUT2D eigenvalue weighted by atomic mass is 10.0. The zero-order valence-corrected chi connectivity index (χ0v) is 11.1. The summed E-state index contributed by atoms with van der Waals surface area (Å²) in [6, 6.07) is 7.67. The van der Waals surface area contributed by atoms with Crippen molar-refractivity contribution in [2.45, 2.75) is 19.9 Å². The summed E-state index contributed by atoms with van der Waals surface area (Å²) in [5, 5.41) is 2.75. The fourth-order valence-corrected chi connectivity index (χ4v) is 2.45. The number of esters is 1. The van der Waals surface area contributed by atoms with Gasteiger partial charge in [-0.05, 0) is 19.1 Å². The molecular formula is C14H15N3O3. The number of amides is 1. The molecule has 1 amide bonds. The number of rotatable bonds is 3. The molecule has 0 saturated carbocycles. The summed E-state index contributed by atoms with van der Waals surface area (Å²) in [6.07, 6.45) is 0.0889. The van der Waals surface area contributed by atoms with Gasteiger partial charge in [0, 0.05) is 6.54 Å². The fraction of sp³-hybridized carbons (Fsp3) is 0.357. The van der Waals surface area contributed by atoms with Crippen molar-refractivity contribution < 1.29 is 14.3 Å².